The lowest BCUT2D eigenvalue weighted by Gasteiger charge is -2.14. The molecule has 0 saturated heterocycles. The molecule has 144 valence electrons. The molecule has 2 rings (SSSR count). The Morgan fingerprint density at radius 2 is 1.67 bits per heavy atom. The minimum atomic E-state index is -0.550. The van der Waals surface area contributed by atoms with E-state index in [4.69, 9.17) is 4.74 Å². The number of Topliss-reactive ketones (excluding diaryl/α,β-unsaturated/α-hetero) is 1. The molecular formula is C21H25NO4S. The summed E-state index contributed by atoms with van der Waals surface area (Å²) < 4.78 is 5.01. The van der Waals surface area contributed by atoms with Crippen LogP contribution in [0, 0.1) is 6.92 Å². The monoisotopic (exact) mass is 387 g/mol. The molecule has 0 spiro atoms. The first-order valence-electron chi connectivity index (χ1n) is 9.10. The summed E-state index contributed by atoms with van der Waals surface area (Å²) in [5.74, 6) is -1.01. The summed E-state index contributed by atoms with van der Waals surface area (Å²) in [6.45, 7) is 5.62. The standard InChI is InChI=1S/C21H25NO4S/c1-4-15-7-6-8-16(5-2)21(15)22-19(24)13-26-20(25)12-10-17(23)18-11-9-14(3)27-18/h6-9,11H,4-5,10,12-13H2,1-3H3,(H,22,24). The molecular weight excluding hydrogens is 362 g/mol. The molecule has 0 fully saturated rings. The minimum Gasteiger partial charge on any atom is -0.456 e. The average molecular weight is 388 g/mol. The number of para-hydroxylation sites is 1. The second-order valence-corrected chi connectivity index (χ2v) is 7.49. The number of carbonyl (C=O) groups excluding carboxylic acids is 3. The third kappa shape index (κ3) is 6.03. The molecule has 27 heavy (non-hydrogen) atoms. The van der Waals surface area contributed by atoms with Gasteiger partial charge < -0.3 is 10.1 Å². The molecule has 0 aliphatic carbocycles. The molecule has 0 saturated carbocycles. The van der Waals surface area contributed by atoms with Crippen LogP contribution in [0.2, 0.25) is 0 Å². The van der Waals surface area contributed by atoms with Crippen molar-refractivity contribution in [2.24, 2.45) is 0 Å². The van der Waals surface area contributed by atoms with Gasteiger partial charge in [-0.25, -0.2) is 0 Å². The van der Waals surface area contributed by atoms with Crippen LogP contribution in [0.1, 0.15) is 52.4 Å². The number of benzene rings is 1. The van der Waals surface area contributed by atoms with Crippen molar-refractivity contribution in [2.75, 3.05) is 11.9 Å². The molecule has 2 aromatic rings. The van der Waals surface area contributed by atoms with E-state index in [1.165, 1.54) is 11.3 Å². The van der Waals surface area contributed by atoms with Crippen LogP contribution < -0.4 is 5.32 Å². The Kier molecular flexibility index (Phi) is 7.73. The van der Waals surface area contributed by atoms with Crippen molar-refractivity contribution in [1.29, 1.82) is 0 Å². The van der Waals surface area contributed by atoms with Crippen LogP contribution in [0.3, 0.4) is 0 Å². The van der Waals surface area contributed by atoms with E-state index in [1.54, 1.807) is 6.07 Å². The van der Waals surface area contributed by atoms with Crippen molar-refractivity contribution >= 4 is 34.7 Å². The van der Waals surface area contributed by atoms with E-state index in [1.807, 2.05) is 45.0 Å². The van der Waals surface area contributed by atoms with E-state index in [2.05, 4.69) is 5.32 Å². The molecule has 1 amide bonds. The number of ketones is 1. The zero-order valence-corrected chi connectivity index (χ0v) is 16.8. The van der Waals surface area contributed by atoms with Gasteiger partial charge in [-0.3, -0.25) is 14.4 Å². The molecule has 1 N–H and O–H groups in total. The van der Waals surface area contributed by atoms with Gasteiger partial charge >= 0.3 is 5.97 Å². The molecule has 1 aromatic heterocycles. The summed E-state index contributed by atoms with van der Waals surface area (Å²) in [5, 5.41) is 2.85. The van der Waals surface area contributed by atoms with Gasteiger partial charge in [-0.2, -0.15) is 0 Å². The maximum atomic E-state index is 12.2. The fourth-order valence-electron chi connectivity index (χ4n) is 2.72. The molecule has 6 heteroatoms. The zero-order valence-electron chi connectivity index (χ0n) is 16.0. The molecule has 5 nitrogen and oxygen atoms in total. The number of hydrogen-bond donors (Lipinski definition) is 1. The van der Waals surface area contributed by atoms with Gasteiger partial charge in [0.15, 0.2) is 12.4 Å². The van der Waals surface area contributed by atoms with Gasteiger partial charge in [-0.05, 0) is 43.0 Å². The number of anilines is 1. The highest BCUT2D eigenvalue weighted by Gasteiger charge is 2.14. The molecule has 1 aromatic carbocycles. The van der Waals surface area contributed by atoms with Gasteiger partial charge in [-0.15, -0.1) is 11.3 Å². The quantitative estimate of drug-likeness (QED) is 0.513. The van der Waals surface area contributed by atoms with E-state index >= 15 is 0 Å². The van der Waals surface area contributed by atoms with Gasteiger partial charge in [0.1, 0.15) is 0 Å². The number of aryl methyl sites for hydroxylation is 3. The third-order valence-corrected chi connectivity index (χ3v) is 5.24. The van der Waals surface area contributed by atoms with Gasteiger partial charge in [0.25, 0.3) is 5.91 Å². The summed E-state index contributed by atoms with van der Waals surface area (Å²) in [6, 6.07) is 9.55. The number of esters is 1. The SMILES string of the molecule is CCc1cccc(CC)c1NC(=O)COC(=O)CCC(=O)c1ccc(C)s1. The summed E-state index contributed by atoms with van der Waals surface area (Å²) in [4.78, 5) is 37.7. The molecule has 0 aliphatic heterocycles. The van der Waals surface area contributed by atoms with E-state index in [0.717, 1.165) is 34.5 Å². The van der Waals surface area contributed by atoms with E-state index in [9.17, 15) is 14.4 Å². The Bertz CT molecular complexity index is 803. The highest BCUT2D eigenvalue weighted by molar-refractivity contribution is 7.14. The topological polar surface area (TPSA) is 72.5 Å². The summed E-state index contributed by atoms with van der Waals surface area (Å²) >= 11 is 1.41. The van der Waals surface area contributed by atoms with Crippen LogP contribution in [0.4, 0.5) is 5.69 Å². The predicted octanol–water partition coefficient (Wildman–Crippen LogP) is 4.33. The Hall–Kier alpha value is -2.47. The first kappa shape index (κ1) is 20.8. The van der Waals surface area contributed by atoms with E-state index in [0.29, 0.717) is 4.88 Å². The van der Waals surface area contributed by atoms with Gasteiger partial charge in [0.05, 0.1) is 11.3 Å². The number of thiophene rings is 1. The summed E-state index contributed by atoms with van der Waals surface area (Å²) in [6.07, 6.45) is 1.65. The van der Waals surface area contributed by atoms with Gasteiger partial charge in [0.2, 0.25) is 0 Å². The Morgan fingerprint density at radius 3 is 2.22 bits per heavy atom. The molecule has 0 radical (unpaired) electrons. The maximum absolute atomic E-state index is 12.2. The van der Waals surface area contributed by atoms with Crippen LogP contribution >= 0.6 is 11.3 Å². The third-order valence-electron chi connectivity index (χ3n) is 4.20. The van der Waals surface area contributed by atoms with Crippen molar-refractivity contribution in [1.82, 2.24) is 0 Å². The number of nitrogens with one attached hydrogen (secondary N) is 1. The Balaban J connectivity index is 1.82. The first-order chi connectivity index (χ1) is 12.9. The van der Waals surface area contributed by atoms with Crippen LogP contribution in [-0.2, 0) is 27.2 Å². The fraction of sp³-hybridized carbons (Fsp3) is 0.381. The average Bonchev–Trinajstić information content (AvgIpc) is 3.11. The lowest BCUT2D eigenvalue weighted by atomic mass is 10.0. The first-order valence-corrected chi connectivity index (χ1v) is 9.92. The second kappa shape index (κ2) is 10.0. The largest absolute Gasteiger partial charge is 0.456 e. The number of ether oxygens (including phenoxy) is 1. The van der Waals surface area contributed by atoms with Crippen molar-refractivity contribution in [3.63, 3.8) is 0 Å². The highest BCUT2D eigenvalue weighted by Crippen LogP contribution is 2.22. The van der Waals surface area contributed by atoms with Crippen molar-refractivity contribution in [2.45, 2.75) is 46.5 Å². The lowest BCUT2D eigenvalue weighted by molar-refractivity contribution is -0.147. The number of hydrogen-bond acceptors (Lipinski definition) is 5. The smallest absolute Gasteiger partial charge is 0.306 e. The van der Waals surface area contributed by atoms with Crippen LogP contribution in [-0.4, -0.2) is 24.3 Å². The van der Waals surface area contributed by atoms with Crippen molar-refractivity contribution in [3.05, 3.63) is 51.2 Å². The fourth-order valence-corrected chi connectivity index (χ4v) is 3.55. The molecule has 1 heterocycles. The lowest BCUT2D eigenvalue weighted by Crippen LogP contribution is -2.22. The van der Waals surface area contributed by atoms with Crippen molar-refractivity contribution in [3.8, 4) is 0 Å². The predicted molar refractivity (Wildman–Crippen MR) is 107 cm³/mol. The summed E-state index contributed by atoms with van der Waals surface area (Å²) in [7, 11) is 0. The number of rotatable bonds is 9. The van der Waals surface area contributed by atoms with Crippen LogP contribution in [0.25, 0.3) is 0 Å². The van der Waals surface area contributed by atoms with E-state index < -0.39 is 5.97 Å². The van der Waals surface area contributed by atoms with Gasteiger partial charge in [-0.1, -0.05) is 32.0 Å². The van der Waals surface area contributed by atoms with Crippen LogP contribution in [0.5, 0.6) is 0 Å². The molecule has 0 bridgehead atoms. The molecule has 0 unspecified atom stereocenters. The number of carbonyl (C=O) groups is 3. The summed E-state index contributed by atoms with van der Waals surface area (Å²) in [5.41, 5.74) is 2.89. The van der Waals surface area contributed by atoms with Crippen molar-refractivity contribution < 1.29 is 19.1 Å². The number of amides is 1. The maximum Gasteiger partial charge on any atom is 0.306 e. The minimum absolute atomic E-state index is 0.0329. The molecule has 0 atom stereocenters. The Morgan fingerprint density at radius 1 is 1.00 bits per heavy atom. The second-order valence-electron chi connectivity index (χ2n) is 6.20. The highest BCUT2D eigenvalue weighted by atomic mass is 32.1. The van der Waals surface area contributed by atoms with E-state index in [-0.39, 0.29) is 31.1 Å². The normalized spacial score (nSPS) is 10.5. The van der Waals surface area contributed by atoms with Gasteiger partial charge in [0, 0.05) is 17.0 Å². The van der Waals surface area contributed by atoms with Crippen LogP contribution in [0.15, 0.2) is 30.3 Å². The zero-order chi connectivity index (χ0) is 19.8. The Labute approximate surface area is 163 Å². The molecule has 0 aliphatic rings.